The first-order valence-electron chi connectivity index (χ1n) is 14.1. The number of morpholine rings is 1. The Kier molecular flexibility index (Phi) is 9.29. The molecule has 3 aliphatic heterocycles. The number of amides is 1. The normalized spacial score (nSPS) is 25.9. The third-order valence-electron chi connectivity index (χ3n) is 8.10. The van der Waals surface area contributed by atoms with Gasteiger partial charge in [-0.1, -0.05) is 12.1 Å². The predicted molar refractivity (Wildman–Crippen MR) is 148 cm³/mol. The van der Waals surface area contributed by atoms with Crippen LogP contribution in [0, 0.1) is 5.82 Å². The van der Waals surface area contributed by atoms with Crippen molar-refractivity contribution in [1.82, 2.24) is 20.1 Å². The molecule has 0 saturated carbocycles. The molecule has 1 amide bonds. The van der Waals surface area contributed by atoms with E-state index in [-0.39, 0.29) is 55.7 Å². The second-order valence-electron chi connectivity index (χ2n) is 11.1. The molecule has 2 saturated heterocycles. The molecule has 2 unspecified atom stereocenters. The van der Waals surface area contributed by atoms with Crippen LogP contribution in [0.5, 0.6) is 5.88 Å². The highest BCUT2D eigenvalue weighted by Crippen LogP contribution is 2.35. The van der Waals surface area contributed by atoms with Crippen LogP contribution >= 0.6 is 0 Å². The number of carbonyl (C=O) groups is 1. The Morgan fingerprint density at radius 2 is 1.95 bits per heavy atom. The first kappa shape index (κ1) is 28.8. The zero-order valence-electron chi connectivity index (χ0n) is 23.3. The number of aliphatic hydroxyl groups excluding tert-OH is 2. The largest absolute Gasteiger partial charge is 0.474 e. The third kappa shape index (κ3) is 6.45. The van der Waals surface area contributed by atoms with Gasteiger partial charge in [-0.2, -0.15) is 0 Å². The molecular weight excluding hydrogens is 517 g/mol. The molecule has 40 heavy (non-hydrogen) atoms. The zero-order valence-corrected chi connectivity index (χ0v) is 23.3. The molecule has 0 aliphatic carbocycles. The fourth-order valence-corrected chi connectivity index (χ4v) is 5.87. The fourth-order valence-electron chi connectivity index (χ4n) is 5.87. The minimum atomic E-state index is -0.310. The lowest BCUT2D eigenvalue weighted by Crippen LogP contribution is -2.63. The molecule has 4 atom stereocenters. The van der Waals surface area contributed by atoms with Gasteiger partial charge in [0.25, 0.3) is 0 Å². The van der Waals surface area contributed by atoms with E-state index in [1.165, 1.54) is 12.1 Å². The molecule has 1 aromatic carbocycles. The summed E-state index contributed by atoms with van der Waals surface area (Å²) in [6.07, 6.45) is 0.440. The molecule has 5 rings (SSSR count). The molecule has 0 radical (unpaired) electrons. The average Bonchev–Trinajstić information content (AvgIpc) is 2.95. The van der Waals surface area contributed by atoms with E-state index in [9.17, 15) is 19.4 Å². The number of aromatic nitrogens is 1. The first-order valence-corrected chi connectivity index (χ1v) is 14.1. The fraction of sp³-hybridized carbons (Fsp3) is 0.586. The highest BCUT2D eigenvalue weighted by Gasteiger charge is 2.36. The molecule has 2 fully saturated rings. The number of pyridine rings is 1. The van der Waals surface area contributed by atoms with Crippen LogP contribution in [0.25, 0.3) is 0 Å². The van der Waals surface area contributed by atoms with Gasteiger partial charge in [0, 0.05) is 38.3 Å². The Labute approximate surface area is 234 Å². The lowest BCUT2D eigenvalue weighted by molar-refractivity contribution is -0.122. The molecule has 1 aromatic heterocycles. The Hall–Kier alpha value is -2.67. The van der Waals surface area contributed by atoms with Crippen molar-refractivity contribution in [3.63, 3.8) is 0 Å². The number of piperazine rings is 1. The number of rotatable bonds is 8. The quantitative estimate of drug-likeness (QED) is 0.434. The van der Waals surface area contributed by atoms with Crippen molar-refractivity contribution in [2.24, 2.45) is 0 Å². The summed E-state index contributed by atoms with van der Waals surface area (Å²) in [4.78, 5) is 24.8. The SMILES string of the molecule is CC1COc2nc(CO)c(Cc3ccc(F)cc3)cc2N1C(=O)CN1C[C@@H](C)NC[C@@H]1CN1CCOCC1CO. The van der Waals surface area contributed by atoms with Gasteiger partial charge in [0.2, 0.25) is 11.8 Å². The molecule has 218 valence electrons. The number of fused-ring (bicyclic) bond motifs is 1. The van der Waals surface area contributed by atoms with Crippen LogP contribution < -0.4 is 15.0 Å². The maximum Gasteiger partial charge on any atom is 0.241 e. The van der Waals surface area contributed by atoms with Crippen LogP contribution in [0.4, 0.5) is 10.1 Å². The van der Waals surface area contributed by atoms with E-state index in [2.05, 4.69) is 27.0 Å². The number of aliphatic hydroxyl groups is 2. The van der Waals surface area contributed by atoms with E-state index in [1.54, 1.807) is 17.0 Å². The van der Waals surface area contributed by atoms with E-state index >= 15 is 0 Å². The van der Waals surface area contributed by atoms with E-state index in [0.717, 1.165) is 37.3 Å². The zero-order chi connectivity index (χ0) is 28.2. The summed E-state index contributed by atoms with van der Waals surface area (Å²) in [7, 11) is 0. The minimum absolute atomic E-state index is 0.0388. The maximum absolute atomic E-state index is 14.0. The lowest BCUT2D eigenvalue weighted by Gasteiger charge is -2.44. The highest BCUT2D eigenvalue weighted by molar-refractivity contribution is 5.97. The summed E-state index contributed by atoms with van der Waals surface area (Å²) < 4.78 is 24.9. The number of halogens is 1. The standard InChI is InChI=1S/C29H40FN5O5/c1-19-12-34(24(11-31-19)13-33-7-8-39-18-25(33)15-36)14-28(38)35-20(2)17-40-29-27(35)10-22(26(16-37)32-29)9-21-3-5-23(30)6-4-21/h3-6,10,19-20,24-25,31,36-37H,7-9,11-18H2,1-2H3/t19-,20?,24-,25?/m1/s1. The molecule has 11 heteroatoms. The predicted octanol–water partition coefficient (Wildman–Crippen LogP) is 0.773. The summed E-state index contributed by atoms with van der Waals surface area (Å²) in [5, 5.41) is 23.4. The molecule has 0 spiro atoms. The van der Waals surface area contributed by atoms with Crippen molar-refractivity contribution in [3.8, 4) is 5.88 Å². The number of nitrogens with one attached hydrogen (secondary N) is 1. The number of anilines is 1. The van der Waals surface area contributed by atoms with Gasteiger partial charge in [0.1, 0.15) is 18.1 Å². The third-order valence-corrected chi connectivity index (χ3v) is 8.10. The van der Waals surface area contributed by atoms with Crippen LogP contribution in [0.2, 0.25) is 0 Å². The second-order valence-corrected chi connectivity index (χ2v) is 11.1. The molecule has 3 aliphatic rings. The van der Waals surface area contributed by atoms with E-state index in [0.29, 0.717) is 43.5 Å². The van der Waals surface area contributed by atoms with Gasteiger partial charge in [-0.25, -0.2) is 9.37 Å². The number of nitrogens with zero attached hydrogens (tertiary/aromatic N) is 4. The highest BCUT2D eigenvalue weighted by atomic mass is 19.1. The summed E-state index contributed by atoms with van der Waals surface area (Å²) in [6.45, 7) is 8.51. The van der Waals surface area contributed by atoms with Gasteiger partial charge >= 0.3 is 0 Å². The van der Waals surface area contributed by atoms with Crippen LogP contribution in [-0.4, -0.2) is 114 Å². The van der Waals surface area contributed by atoms with Gasteiger partial charge in [0.15, 0.2) is 0 Å². The Balaban J connectivity index is 1.37. The molecule has 2 aromatic rings. The number of carbonyl (C=O) groups excluding carboxylic acids is 1. The van der Waals surface area contributed by atoms with Crippen molar-refractivity contribution in [1.29, 1.82) is 0 Å². The molecule has 0 bridgehead atoms. The van der Waals surface area contributed by atoms with Crippen molar-refractivity contribution in [2.45, 2.75) is 51.0 Å². The molecule has 10 nitrogen and oxygen atoms in total. The van der Waals surface area contributed by atoms with Crippen molar-refractivity contribution >= 4 is 11.6 Å². The van der Waals surface area contributed by atoms with Gasteiger partial charge in [-0.3, -0.25) is 14.6 Å². The molecular formula is C29H40FN5O5. The van der Waals surface area contributed by atoms with E-state index in [1.807, 2.05) is 13.0 Å². The monoisotopic (exact) mass is 557 g/mol. The van der Waals surface area contributed by atoms with Crippen LogP contribution in [0.15, 0.2) is 30.3 Å². The first-order chi connectivity index (χ1) is 19.4. The molecule has 4 heterocycles. The second kappa shape index (κ2) is 12.9. The summed E-state index contributed by atoms with van der Waals surface area (Å²) in [5.74, 6) is -0.0134. The van der Waals surface area contributed by atoms with E-state index in [4.69, 9.17) is 9.47 Å². The summed E-state index contributed by atoms with van der Waals surface area (Å²) in [5.41, 5.74) is 2.71. The van der Waals surface area contributed by atoms with Gasteiger partial charge in [-0.15, -0.1) is 0 Å². The maximum atomic E-state index is 14.0. The van der Waals surface area contributed by atoms with Crippen LogP contribution in [0.1, 0.15) is 30.7 Å². The summed E-state index contributed by atoms with van der Waals surface area (Å²) in [6, 6.07) is 8.22. The molecule has 3 N–H and O–H groups in total. The van der Waals surface area contributed by atoms with Crippen LogP contribution in [0.3, 0.4) is 0 Å². The smallest absolute Gasteiger partial charge is 0.241 e. The Morgan fingerprint density at radius 1 is 1.15 bits per heavy atom. The number of ether oxygens (including phenoxy) is 2. The topological polar surface area (TPSA) is 111 Å². The number of hydrogen-bond acceptors (Lipinski definition) is 9. The van der Waals surface area contributed by atoms with Gasteiger partial charge < -0.3 is 29.9 Å². The number of benzene rings is 1. The van der Waals surface area contributed by atoms with Crippen LogP contribution in [-0.2, 0) is 22.6 Å². The Bertz CT molecular complexity index is 1170. The summed E-state index contributed by atoms with van der Waals surface area (Å²) >= 11 is 0. The van der Waals surface area contributed by atoms with Crippen molar-refractivity contribution < 1.29 is 28.9 Å². The Morgan fingerprint density at radius 3 is 2.70 bits per heavy atom. The average molecular weight is 558 g/mol. The van der Waals surface area contributed by atoms with Crippen molar-refractivity contribution in [2.75, 3.05) is 64.1 Å². The van der Waals surface area contributed by atoms with E-state index < -0.39 is 0 Å². The lowest BCUT2D eigenvalue weighted by atomic mass is 10.0. The van der Waals surface area contributed by atoms with Gasteiger partial charge in [-0.05, 0) is 49.6 Å². The van der Waals surface area contributed by atoms with Crippen molar-refractivity contribution in [3.05, 3.63) is 53.0 Å². The minimum Gasteiger partial charge on any atom is -0.474 e. The number of hydrogen-bond donors (Lipinski definition) is 3. The van der Waals surface area contributed by atoms with Gasteiger partial charge in [0.05, 0.1) is 50.7 Å².